The molecule has 412 valence electrons. The monoisotopic (exact) mass is 1010 g/mol. The van der Waals surface area contributed by atoms with Gasteiger partial charge in [-0.15, -0.1) is 0 Å². The lowest BCUT2D eigenvalue weighted by Gasteiger charge is -2.41. The van der Waals surface area contributed by atoms with Crippen LogP contribution in [0.25, 0.3) is 0 Å². The molecule has 0 aliphatic carbocycles. The molecule has 1 saturated heterocycles. The molecule has 0 saturated carbocycles. The minimum Gasteiger partial charge on any atom is -0.394 e. The zero-order valence-electron chi connectivity index (χ0n) is 44.7. The zero-order chi connectivity index (χ0) is 50.5. The van der Waals surface area contributed by atoms with E-state index in [1.807, 2.05) is 0 Å². The van der Waals surface area contributed by atoms with E-state index < -0.39 is 59.9 Å². The fraction of sp³-hybridized carbons (Fsp3) is 0.982. The van der Waals surface area contributed by atoms with E-state index in [1.165, 1.54) is 218 Å². The van der Waals surface area contributed by atoms with Gasteiger partial charge in [0.1, 0.15) is 24.4 Å². The fourth-order valence-electron chi connectivity index (χ4n) is 9.88. The van der Waals surface area contributed by atoms with Crippen LogP contribution < -0.4 is 5.32 Å². The summed E-state index contributed by atoms with van der Waals surface area (Å²) >= 11 is 0. The number of rotatable bonds is 52. The Bertz CT molecular complexity index is 1230. The number of unbranched alkanes of at least 4 members (excludes halogenated alkanes) is 40. The lowest BCUT2D eigenvalue weighted by molar-refractivity contribution is -0.298. The third-order valence-corrected chi connectivity index (χ3v) is 14.9. The first-order chi connectivity index (χ1) is 33.5. The number of carbonyl (C=O) groups is 1. The molecule has 13 heteroatoms. The smallest absolute Gasteiger partial charge is 0.394 e. The van der Waals surface area contributed by atoms with Crippen molar-refractivity contribution in [2.45, 2.75) is 339 Å². The van der Waals surface area contributed by atoms with Gasteiger partial charge in [-0.3, -0.25) is 9.35 Å². The van der Waals surface area contributed by atoms with Crippen LogP contribution >= 0.6 is 0 Å². The molecule has 1 heterocycles. The Balaban J connectivity index is 2.33. The summed E-state index contributed by atoms with van der Waals surface area (Å²) in [5, 5.41) is 45.1. The van der Waals surface area contributed by atoms with E-state index in [0.29, 0.717) is 12.8 Å². The molecule has 0 aromatic carbocycles. The van der Waals surface area contributed by atoms with Gasteiger partial charge in [0.05, 0.1) is 25.4 Å². The SMILES string of the molecule is CCCCCCCCCCCCCCCCCCCCCCCCCC(=O)NC(COC1OC(CO)C(O)C(OS(=O)(=O)O)C1O)C(O)CCCCCCCCCCCCCCCCCCCCC. The second-order valence-corrected chi connectivity index (χ2v) is 22.0. The summed E-state index contributed by atoms with van der Waals surface area (Å²) in [4.78, 5) is 13.2. The number of aliphatic hydroxyl groups is 4. The van der Waals surface area contributed by atoms with Gasteiger partial charge in [0.2, 0.25) is 5.91 Å². The van der Waals surface area contributed by atoms with Crippen LogP contribution in [-0.4, -0.2) is 95.4 Å². The summed E-state index contributed by atoms with van der Waals surface area (Å²) in [6, 6.07) is -0.853. The number of hydrogen-bond donors (Lipinski definition) is 6. The molecular weight excluding hydrogens is 895 g/mol. The van der Waals surface area contributed by atoms with E-state index in [9.17, 15) is 38.2 Å². The van der Waals surface area contributed by atoms with Crippen LogP contribution in [0.1, 0.15) is 296 Å². The van der Waals surface area contributed by atoms with Crippen molar-refractivity contribution in [2.75, 3.05) is 13.2 Å². The highest BCUT2D eigenvalue weighted by Crippen LogP contribution is 2.26. The molecule has 7 atom stereocenters. The number of hydrogen-bond acceptors (Lipinski definition) is 10. The van der Waals surface area contributed by atoms with Crippen LogP contribution in [0.2, 0.25) is 0 Å². The van der Waals surface area contributed by atoms with E-state index in [-0.39, 0.29) is 12.5 Å². The normalized spacial score (nSPS) is 19.6. The van der Waals surface area contributed by atoms with Crippen molar-refractivity contribution in [1.29, 1.82) is 0 Å². The highest BCUT2D eigenvalue weighted by molar-refractivity contribution is 7.80. The molecule has 0 aromatic heterocycles. The number of nitrogens with one attached hydrogen (secondary N) is 1. The first kappa shape index (κ1) is 66.1. The molecular formula is C56H111NO11S. The molecule has 0 spiro atoms. The molecule has 7 unspecified atom stereocenters. The van der Waals surface area contributed by atoms with Gasteiger partial charge >= 0.3 is 10.4 Å². The average Bonchev–Trinajstić information content (AvgIpc) is 3.32. The predicted octanol–water partition coefficient (Wildman–Crippen LogP) is 13.7. The van der Waals surface area contributed by atoms with Gasteiger partial charge in [0, 0.05) is 6.42 Å². The third-order valence-electron chi connectivity index (χ3n) is 14.4. The first-order valence-corrected chi connectivity index (χ1v) is 30.8. The number of ether oxygens (including phenoxy) is 2. The molecule has 1 amide bonds. The molecule has 0 aromatic rings. The maximum atomic E-state index is 13.2. The van der Waals surface area contributed by atoms with Crippen molar-refractivity contribution >= 4 is 16.3 Å². The summed E-state index contributed by atoms with van der Waals surface area (Å²) in [6.45, 7) is 3.51. The molecule has 1 fully saturated rings. The molecule has 0 radical (unpaired) electrons. The van der Waals surface area contributed by atoms with Gasteiger partial charge in [-0.25, -0.2) is 4.18 Å². The topological polar surface area (TPSA) is 192 Å². The predicted molar refractivity (Wildman–Crippen MR) is 283 cm³/mol. The van der Waals surface area contributed by atoms with Crippen LogP contribution in [0, 0.1) is 0 Å². The lowest BCUT2D eigenvalue weighted by atomic mass is 9.99. The molecule has 1 aliphatic rings. The largest absolute Gasteiger partial charge is 0.397 e. The van der Waals surface area contributed by atoms with Crippen molar-refractivity contribution in [3.05, 3.63) is 0 Å². The number of aliphatic hydroxyl groups excluding tert-OH is 4. The summed E-state index contributed by atoms with van der Waals surface area (Å²) in [5.74, 6) is -0.222. The quantitative estimate of drug-likeness (QED) is 0.0251. The number of amides is 1. The summed E-state index contributed by atoms with van der Waals surface area (Å²) < 4.78 is 47.9. The Kier molecular flexibility index (Phi) is 44.9. The Hall–Kier alpha value is -0.900. The van der Waals surface area contributed by atoms with E-state index >= 15 is 0 Å². The van der Waals surface area contributed by atoms with E-state index in [0.717, 1.165) is 51.4 Å². The molecule has 69 heavy (non-hydrogen) atoms. The van der Waals surface area contributed by atoms with Gasteiger partial charge in [-0.1, -0.05) is 277 Å². The van der Waals surface area contributed by atoms with Crippen LogP contribution in [-0.2, 0) is 28.9 Å². The highest BCUT2D eigenvalue weighted by Gasteiger charge is 2.48. The van der Waals surface area contributed by atoms with Crippen LogP contribution in [0.5, 0.6) is 0 Å². The van der Waals surface area contributed by atoms with Crippen molar-refractivity contribution in [1.82, 2.24) is 5.32 Å². The summed E-state index contributed by atoms with van der Waals surface area (Å²) in [7, 11) is -5.08. The minimum atomic E-state index is -5.08. The van der Waals surface area contributed by atoms with E-state index in [2.05, 4.69) is 23.3 Å². The maximum absolute atomic E-state index is 13.2. The molecule has 12 nitrogen and oxygen atoms in total. The Morgan fingerprint density at radius 2 is 0.841 bits per heavy atom. The van der Waals surface area contributed by atoms with E-state index in [1.54, 1.807) is 0 Å². The summed E-state index contributed by atoms with van der Waals surface area (Å²) in [6.07, 6.45) is 45.3. The van der Waals surface area contributed by atoms with Crippen LogP contribution in [0.15, 0.2) is 0 Å². The van der Waals surface area contributed by atoms with Gasteiger partial charge in [0.15, 0.2) is 6.29 Å². The maximum Gasteiger partial charge on any atom is 0.397 e. The van der Waals surface area contributed by atoms with Crippen molar-refractivity contribution in [3.8, 4) is 0 Å². The van der Waals surface area contributed by atoms with Gasteiger partial charge in [-0.05, 0) is 12.8 Å². The third kappa shape index (κ3) is 39.3. The Labute approximate surface area is 424 Å². The van der Waals surface area contributed by atoms with Gasteiger partial charge in [-0.2, -0.15) is 8.42 Å². The van der Waals surface area contributed by atoms with Crippen molar-refractivity contribution in [3.63, 3.8) is 0 Å². The standard InChI is InChI=1S/C56H111NO11S/c1-3-5-7-9-11-13-15-17-19-21-23-24-25-26-28-30-32-34-36-38-40-42-44-46-52(60)57-49(48-66-56-54(62)55(68-69(63,64)65)53(61)51(47-58)67-56)50(59)45-43-41-39-37-35-33-31-29-27-22-20-18-16-14-12-10-8-6-4-2/h49-51,53-56,58-59,61-62H,3-48H2,1-2H3,(H,57,60)(H,63,64,65). The van der Waals surface area contributed by atoms with Crippen molar-refractivity contribution in [2.24, 2.45) is 0 Å². The highest BCUT2D eigenvalue weighted by atomic mass is 32.3. The second kappa shape index (κ2) is 46.9. The zero-order valence-corrected chi connectivity index (χ0v) is 45.5. The van der Waals surface area contributed by atoms with E-state index in [4.69, 9.17) is 9.47 Å². The van der Waals surface area contributed by atoms with Crippen LogP contribution in [0.3, 0.4) is 0 Å². The summed E-state index contributed by atoms with van der Waals surface area (Å²) in [5.41, 5.74) is 0. The molecule has 1 aliphatic heterocycles. The number of carbonyl (C=O) groups excluding carboxylic acids is 1. The average molecular weight is 1010 g/mol. The Morgan fingerprint density at radius 3 is 1.16 bits per heavy atom. The van der Waals surface area contributed by atoms with Gasteiger partial charge < -0.3 is 35.2 Å². The molecule has 0 bridgehead atoms. The molecule has 6 N–H and O–H groups in total. The minimum absolute atomic E-state index is 0.222. The lowest BCUT2D eigenvalue weighted by Crippen LogP contribution is -2.61. The van der Waals surface area contributed by atoms with Crippen molar-refractivity contribution < 1.29 is 51.8 Å². The molecule has 1 rings (SSSR count). The second-order valence-electron chi connectivity index (χ2n) is 21.0. The fourth-order valence-corrected chi connectivity index (χ4v) is 10.4. The first-order valence-electron chi connectivity index (χ1n) is 29.4. The Morgan fingerprint density at radius 1 is 0.522 bits per heavy atom. The van der Waals surface area contributed by atoms with Gasteiger partial charge in [0.25, 0.3) is 0 Å². The van der Waals surface area contributed by atoms with Crippen LogP contribution in [0.4, 0.5) is 0 Å².